The molecule has 208 valence electrons. The SMILES string of the molecule is COc1ccccc1/C=C(\NC(=O)c1ccccc1)C(=O)Nc1ccc(SC(C)C(=O)Nc2ccc(I)cc2)cc1. The molecule has 0 aliphatic carbocycles. The number of hydrogen-bond donors (Lipinski definition) is 3. The maximum Gasteiger partial charge on any atom is 0.272 e. The summed E-state index contributed by atoms with van der Waals surface area (Å²) in [4.78, 5) is 39.7. The first kappa shape index (κ1) is 29.9. The summed E-state index contributed by atoms with van der Waals surface area (Å²) in [6.07, 6.45) is 1.58. The first-order valence-corrected chi connectivity index (χ1v) is 14.6. The van der Waals surface area contributed by atoms with Crippen LogP contribution in [-0.4, -0.2) is 30.1 Å². The number of halogens is 1. The average molecular weight is 678 g/mol. The molecule has 0 radical (unpaired) electrons. The van der Waals surface area contributed by atoms with E-state index in [0.717, 1.165) is 14.2 Å². The van der Waals surface area contributed by atoms with Gasteiger partial charge in [0.2, 0.25) is 5.91 Å². The monoisotopic (exact) mass is 677 g/mol. The van der Waals surface area contributed by atoms with Crippen molar-refractivity contribution in [1.29, 1.82) is 0 Å². The van der Waals surface area contributed by atoms with Gasteiger partial charge in [0.25, 0.3) is 11.8 Å². The lowest BCUT2D eigenvalue weighted by Gasteiger charge is -2.14. The number of benzene rings is 4. The van der Waals surface area contributed by atoms with Gasteiger partial charge in [0.05, 0.1) is 12.4 Å². The van der Waals surface area contributed by atoms with Crippen LogP contribution in [0.25, 0.3) is 6.08 Å². The van der Waals surface area contributed by atoms with Crippen LogP contribution in [0.3, 0.4) is 0 Å². The molecule has 9 heteroatoms. The average Bonchev–Trinajstić information content (AvgIpc) is 2.99. The molecule has 3 amide bonds. The maximum absolute atomic E-state index is 13.3. The molecular weight excluding hydrogens is 649 g/mol. The highest BCUT2D eigenvalue weighted by atomic mass is 127. The molecule has 0 saturated heterocycles. The highest BCUT2D eigenvalue weighted by molar-refractivity contribution is 14.1. The number of amides is 3. The number of thioether (sulfide) groups is 1. The zero-order valence-corrected chi connectivity index (χ0v) is 25.4. The zero-order valence-electron chi connectivity index (χ0n) is 22.4. The van der Waals surface area contributed by atoms with Crippen molar-refractivity contribution in [2.24, 2.45) is 0 Å². The van der Waals surface area contributed by atoms with Crippen molar-refractivity contribution >= 4 is 69.5 Å². The Labute approximate surface area is 256 Å². The topological polar surface area (TPSA) is 96.5 Å². The van der Waals surface area contributed by atoms with Crippen LogP contribution in [0, 0.1) is 3.57 Å². The Morgan fingerprint density at radius 2 is 1.41 bits per heavy atom. The second-order valence-electron chi connectivity index (χ2n) is 8.85. The van der Waals surface area contributed by atoms with Crippen molar-refractivity contribution in [2.45, 2.75) is 17.1 Å². The standard InChI is InChI=1S/C32H28IN3O4S/c1-21(30(37)34-25-14-12-24(33)13-15-25)41-27-18-16-26(17-19-27)35-32(39)28(20-23-10-6-7-11-29(23)40-2)36-31(38)22-8-4-3-5-9-22/h3-21H,1-2H3,(H,34,37)(H,35,39)(H,36,38)/b28-20-. The third-order valence-electron chi connectivity index (χ3n) is 5.87. The summed E-state index contributed by atoms with van der Waals surface area (Å²) in [6, 6.07) is 30.7. The predicted octanol–water partition coefficient (Wildman–Crippen LogP) is 6.83. The highest BCUT2D eigenvalue weighted by Gasteiger charge is 2.17. The molecule has 1 unspecified atom stereocenters. The molecule has 0 spiro atoms. The van der Waals surface area contributed by atoms with E-state index >= 15 is 0 Å². The second kappa shape index (κ2) is 14.5. The van der Waals surface area contributed by atoms with E-state index in [9.17, 15) is 14.4 Å². The molecular formula is C32H28IN3O4S. The molecule has 0 fully saturated rings. The van der Waals surface area contributed by atoms with Crippen molar-refractivity contribution in [3.8, 4) is 5.75 Å². The number of hydrogen-bond acceptors (Lipinski definition) is 5. The van der Waals surface area contributed by atoms with Gasteiger partial charge >= 0.3 is 0 Å². The van der Waals surface area contributed by atoms with Crippen LogP contribution in [0.15, 0.2) is 114 Å². The third-order valence-corrected chi connectivity index (χ3v) is 7.70. The largest absolute Gasteiger partial charge is 0.496 e. The number of carbonyl (C=O) groups is 3. The molecule has 0 aliphatic heterocycles. The number of ether oxygens (including phenoxy) is 1. The van der Waals surface area contributed by atoms with Crippen LogP contribution in [0.4, 0.5) is 11.4 Å². The molecule has 0 aromatic heterocycles. The van der Waals surface area contributed by atoms with Crippen molar-refractivity contribution in [3.05, 3.63) is 124 Å². The molecule has 41 heavy (non-hydrogen) atoms. The number of rotatable bonds is 10. The normalized spacial score (nSPS) is 11.7. The van der Waals surface area contributed by atoms with Crippen molar-refractivity contribution < 1.29 is 19.1 Å². The maximum atomic E-state index is 13.3. The van der Waals surface area contributed by atoms with Crippen molar-refractivity contribution in [2.75, 3.05) is 17.7 Å². The fourth-order valence-electron chi connectivity index (χ4n) is 3.73. The van der Waals surface area contributed by atoms with E-state index in [0.29, 0.717) is 22.6 Å². The summed E-state index contributed by atoms with van der Waals surface area (Å²) in [5, 5.41) is 8.17. The quantitative estimate of drug-likeness (QED) is 0.0973. The second-order valence-corrected chi connectivity index (χ2v) is 11.5. The van der Waals surface area contributed by atoms with Crippen LogP contribution < -0.4 is 20.7 Å². The summed E-state index contributed by atoms with van der Waals surface area (Å²) in [7, 11) is 1.54. The van der Waals surface area contributed by atoms with E-state index in [1.54, 1.807) is 61.7 Å². The lowest BCUT2D eigenvalue weighted by atomic mass is 10.1. The molecule has 0 heterocycles. The number of carbonyl (C=O) groups excluding carboxylic acids is 3. The third kappa shape index (κ3) is 8.70. The molecule has 0 saturated carbocycles. The van der Waals surface area contributed by atoms with Gasteiger partial charge in [-0.1, -0.05) is 36.4 Å². The predicted molar refractivity (Wildman–Crippen MR) is 173 cm³/mol. The van der Waals surface area contributed by atoms with E-state index < -0.39 is 11.8 Å². The fourth-order valence-corrected chi connectivity index (χ4v) is 4.96. The van der Waals surface area contributed by atoms with E-state index in [4.69, 9.17) is 4.74 Å². The van der Waals surface area contributed by atoms with Gasteiger partial charge < -0.3 is 20.7 Å². The highest BCUT2D eigenvalue weighted by Crippen LogP contribution is 2.26. The van der Waals surface area contributed by atoms with E-state index in [-0.39, 0.29) is 16.9 Å². The first-order chi connectivity index (χ1) is 19.8. The van der Waals surface area contributed by atoms with Crippen LogP contribution in [0.2, 0.25) is 0 Å². The zero-order chi connectivity index (χ0) is 29.2. The van der Waals surface area contributed by atoms with Crippen LogP contribution in [-0.2, 0) is 9.59 Å². The minimum Gasteiger partial charge on any atom is -0.496 e. The molecule has 3 N–H and O–H groups in total. The fraction of sp³-hybridized carbons (Fsp3) is 0.0938. The van der Waals surface area contributed by atoms with Crippen molar-refractivity contribution in [1.82, 2.24) is 5.32 Å². The van der Waals surface area contributed by atoms with Gasteiger partial charge in [-0.2, -0.15) is 0 Å². The molecule has 0 aliphatic rings. The molecule has 7 nitrogen and oxygen atoms in total. The Hall–Kier alpha value is -4.09. The minimum atomic E-state index is -0.495. The smallest absolute Gasteiger partial charge is 0.272 e. The molecule has 4 aromatic carbocycles. The number of nitrogens with one attached hydrogen (secondary N) is 3. The summed E-state index contributed by atoms with van der Waals surface area (Å²) >= 11 is 3.63. The lowest BCUT2D eigenvalue weighted by molar-refractivity contribution is -0.115. The van der Waals surface area contributed by atoms with Crippen LogP contribution in [0.1, 0.15) is 22.8 Å². The lowest BCUT2D eigenvalue weighted by Crippen LogP contribution is -2.30. The van der Waals surface area contributed by atoms with Crippen LogP contribution in [0.5, 0.6) is 5.75 Å². The van der Waals surface area contributed by atoms with Gasteiger partial charge in [-0.25, -0.2) is 0 Å². The molecule has 4 aromatic rings. The summed E-state index contributed by atoms with van der Waals surface area (Å²) in [6.45, 7) is 1.84. The molecule has 0 bridgehead atoms. The van der Waals surface area contributed by atoms with Crippen molar-refractivity contribution in [3.63, 3.8) is 0 Å². The number of methoxy groups -OCH3 is 1. The summed E-state index contributed by atoms with van der Waals surface area (Å²) in [5.41, 5.74) is 2.40. The van der Waals surface area contributed by atoms with E-state index in [1.165, 1.54) is 11.8 Å². The van der Waals surface area contributed by atoms with E-state index in [2.05, 4.69) is 38.5 Å². The van der Waals surface area contributed by atoms with Gasteiger partial charge in [0.15, 0.2) is 0 Å². The van der Waals surface area contributed by atoms with Gasteiger partial charge in [0, 0.05) is 31.0 Å². The Kier molecular flexibility index (Phi) is 10.6. The van der Waals surface area contributed by atoms with Crippen LogP contribution >= 0.6 is 34.4 Å². The number of para-hydroxylation sites is 1. The number of anilines is 2. The molecule has 1 atom stereocenters. The Morgan fingerprint density at radius 3 is 2.10 bits per heavy atom. The Morgan fingerprint density at radius 1 is 0.805 bits per heavy atom. The molecule has 4 rings (SSSR count). The summed E-state index contributed by atoms with van der Waals surface area (Å²) in [5.74, 6) is -0.445. The first-order valence-electron chi connectivity index (χ1n) is 12.7. The summed E-state index contributed by atoms with van der Waals surface area (Å²) < 4.78 is 6.51. The minimum absolute atomic E-state index is 0.0581. The van der Waals surface area contributed by atoms with Gasteiger partial charge in [-0.3, -0.25) is 14.4 Å². The Balaban J connectivity index is 1.45. The van der Waals surface area contributed by atoms with Gasteiger partial charge in [-0.05, 0) is 102 Å². The van der Waals surface area contributed by atoms with E-state index in [1.807, 2.05) is 61.5 Å². The van der Waals surface area contributed by atoms with Gasteiger partial charge in [0.1, 0.15) is 11.4 Å². The Bertz CT molecular complexity index is 1540. The van der Waals surface area contributed by atoms with Gasteiger partial charge in [-0.15, -0.1) is 11.8 Å².